The molecule has 1 amide bonds. The molecule has 4 nitrogen and oxygen atoms in total. The molecule has 140 valence electrons. The summed E-state index contributed by atoms with van der Waals surface area (Å²) in [5.41, 5.74) is 2.67. The first-order chi connectivity index (χ1) is 14.2. The molecule has 1 N–H and O–H groups in total. The molecule has 0 bridgehead atoms. The van der Waals surface area contributed by atoms with Crippen molar-refractivity contribution in [2.45, 2.75) is 0 Å². The van der Waals surface area contributed by atoms with Gasteiger partial charge in [0, 0.05) is 16.7 Å². The van der Waals surface area contributed by atoms with Crippen LogP contribution in [0, 0.1) is 17.1 Å². The Bertz CT molecular complexity index is 1190. The SMILES string of the molecule is N#Cc1c(NC(=O)c2ccc(F)cc2)oc(-c2ccccc2)c1-c1ccccc1. The third-order valence-corrected chi connectivity index (χ3v) is 4.45. The van der Waals surface area contributed by atoms with E-state index in [0.717, 1.165) is 11.1 Å². The minimum Gasteiger partial charge on any atom is -0.438 e. The molecule has 0 aliphatic heterocycles. The number of rotatable bonds is 4. The minimum atomic E-state index is -0.491. The van der Waals surface area contributed by atoms with E-state index in [-0.39, 0.29) is 17.0 Å². The molecular formula is C24H15FN2O2. The van der Waals surface area contributed by atoms with Gasteiger partial charge < -0.3 is 4.42 Å². The van der Waals surface area contributed by atoms with Crippen LogP contribution in [0.2, 0.25) is 0 Å². The van der Waals surface area contributed by atoms with E-state index < -0.39 is 11.7 Å². The van der Waals surface area contributed by atoms with Crippen molar-refractivity contribution in [3.63, 3.8) is 0 Å². The van der Waals surface area contributed by atoms with Gasteiger partial charge >= 0.3 is 0 Å². The Morgan fingerprint density at radius 3 is 2.03 bits per heavy atom. The molecule has 0 fully saturated rings. The van der Waals surface area contributed by atoms with E-state index in [1.165, 1.54) is 24.3 Å². The van der Waals surface area contributed by atoms with Crippen molar-refractivity contribution >= 4 is 11.8 Å². The van der Waals surface area contributed by atoms with Gasteiger partial charge in [0.05, 0.1) is 0 Å². The van der Waals surface area contributed by atoms with Gasteiger partial charge in [0.15, 0.2) is 0 Å². The van der Waals surface area contributed by atoms with Gasteiger partial charge in [-0.3, -0.25) is 10.1 Å². The molecule has 0 aliphatic rings. The monoisotopic (exact) mass is 382 g/mol. The number of nitrogens with zero attached hydrogens (tertiary/aromatic N) is 1. The van der Waals surface area contributed by atoms with Crippen molar-refractivity contribution in [2.75, 3.05) is 5.32 Å². The summed E-state index contributed by atoms with van der Waals surface area (Å²) in [6, 6.07) is 26.0. The lowest BCUT2D eigenvalue weighted by atomic mass is 9.98. The van der Waals surface area contributed by atoms with Crippen molar-refractivity contribution in [3.8, 4) is 28.5 Å². The zero-order valence-corrected chi connectivity index (χ0v) is 15.2. The van der Waals surface area contributed by atoms with Crippen LogP contribution in [0.5, 0.6) is 0 Å². The van der Waals surface area contributed by atoms with Gasteiger partial charge in [0.1, 0.15) is 23.2 Å². The number of amides is 1. The molecule has 29 heavy (non-hydrogen) atoms. The van der Waals surface area contributed by atoms with E-state index in [1.807, 2.05) is 60.7 Å². The van der Waals surface area contributed by atoms with Crippen molar-refractivity contribution in [1.82, 2.24) is 0 Å². The number of halogens is 1. The van der Waals surface area contributed by atoms with E-state index in [4.69, 9.17) is 4.42 Å². The van der Waals surface area contributed by atoms with Crippen LogP contribution >= 0.6 is 0 Å². The number of nitriles is 1. The summed E-state index contributed by atoms with van der Waals surface area (Å²) >= 11 is 0. The predicted octanol–water partition coefficient (Wildman–Crippen LogP) is 5.88. The normalized spacial score (nSPS) is 10.3. The number of hydrogen-bond acceptors (Lipinski definition) is 3. The largest absolute Gasteiger partial charge is 0.438 e. The lowest BCUT2D eigenvalue weighted by Gasteiger charge is -2.03. The lowest BCUT2D eigenvalue weighted by molar-refractivity contribution is 0.102. The van der Waals surface area contributed by atoms with Crippen LogP contribution in [0.15, 0.2) is 89.3 Å². The maximum atomic E-state index is 13.1. The Labute approximate surface area is 166 Å². The molecule has 5 heteroatoms. The second-order valence-corrected chi connectivity index (χ2v) is 6.32. The van der Waals surface area contributed by atoms with Crippen molar-refractivity contribution < 1.29 is 13.6 Å². The zero-order valence-electron chi connectivity index (χ0n) is 15.2. The minimum absolute atomic E-state index is 0.0551. The van der Waals surface area contributed by atoms with Crippen LogP contribution in [0.25, 0.3) is 22.5 Å². The van der Waals surface area contributed by atoms with Gasteiger partial charge in [-0.05, 0) is 29.8 Å². The Kier molecular flexibility index (Phi) is 4.91. The summed E-state index contributed by atoms with van der Waals surface area (Å²) in [5.74, 6) is -0.383. The lowest BCUT2D eigenvalue weighted by Crippen LogP contribution is -2.12. The number of hydrogen-bond donors (Lipinski definition) is 1. The topological polar surface area (TPSA) is 66.0 Å². The average Bonchev–Trinajstić information content (AvgIpc) is 3.13. The number of anilines is 1. The van der Waals surface area contributed by atoms with Crippen LogP contribution < -0.4 is 5.32 Å². The highest BCUT2D eigenvalue weighted by Gasteiger charge is 2.24. The molecule has 0 aliphatic carbocycles. The number of carbonyl (C=O) groups is 1. The van der Waals surface area contributed by atoms with Crippen LogP contribution in [0.3, 0.4) is 0 Å². The first kappa shape index (κ1) is 18.2. The molecule has 0 atom stereocenters. The van der Waals surface area contributed by atoms with Gasteiger partial charge in [-0.25, -0.2) is 4.39 Å². The van der Waals surface area contributed by atoms with Crippen LogP contribution in [0.4, 0.5) is 10.3 Å². The smallest absolute Gasteiger partial charge is 0.258 e. The van der Waals surface area contributed by atoms with Gasteiger partial charge in [0.2, 0.25) is 5.88 Å². The fourth-order valence-corrected chi connectivity index (χ4v) is 3.08. The molecule has 1 aromatic heterocycles. The van der Waals surface area contributed by atoms with Gasteiger partial charge in [-0.1, -0.05) is 60.7 Å². The molecule has 0 unspecified atom stereocenters. The van der Waals surface area contributed by atoms with Crippen molar-refractivity contribution in [2.24, 2.45) is 0 Å². The number of nitrogens with one attached hydrogen (secondary N) is 1. The highest BCUT2D eigenvalue weighted by Crippen LogP contribution is 2.41. The van der Waals surface area contributed by atoms with Crippen molar-refractivity contribution in [1.29, 1.82) is 5.26 Å². The first-order valence-corrected chi connectivity index (χ1v) is 8.92. The Morgan fingerprint density at radius 1 is 0.862 bits per heavy atom. The predicted molar refractivity (Wildman–Crippen MR) is 109 cm³/mol. The van der Waals surface area contributed by atoms with E-state index in [2.05, 4.69) is 11.4 Å². The Balaban J connectivity index is 1.83. The molecule has 0 saturated heterocycles. The molecule has 0 spiro atoms. The average molecular weight is 382 g/mol. The van der Waals surface area contributed by atoms with Crippen molar-refractivity contribution in [3.05, 3.63) is 102 Å². The maximum absolute atomic E-state index is 13.1. The highest BCUT2D eigenvalue weighted by atomic mass is 19.1. The molecule has 4 aromatic rings. The molecule has 0 radical (unpaired) electrons. The molecular weight excluding hydrogens is 367 g/mol. The number of furan rings is 1. The fraction of sp³-hybridized carbons (Fsp3) is 0. The second-order valence-electron chi connectivity index (χ2n) is 6.32. The Hall–Kier alpha value is -4.17. The van der Waals surface area contributed by atoms with Crippen LogP contribution in [-0.4, -0.2) is 5.91 Å². The molecule has 0 saturated carbocycles. The first-order valence-electron chi connectivity index (χ1n) is 8.92. The number of carbonyl (C=O) groups excluding carboxylic acids is 1. The van der Waals surface area contributed by atoms with Crippen LogP contribution in [0.1, 0.15) is 15.9 Å². The summed E-state index contributed by atoms with van der Waals surface area (Å²) in [4.78, 5) is 12.6. The van der Waals surface area contributed by atoms with E-state index >= 15 is 0 Å². The third-order valence-electron chi connectivity index (χ3n) is 4.45. The quantitative estimate of drug-likeness (QED) is 0.479. The summed E-state index contributed by atoms with van der Waals surface area (Å²) in [5, 5.41) is 12.5. The highest BCUT2D eigenvalue weighted by molar-refractivity contribution is 6.05. The van der Waals surface area contributed by atoms with E-state index in [0.29, 0.717) is 11.3 Å². The Morgan fingerprint density at radius 2 is 1.45 bits per heavy atom. The standard InChI is InChI=1S/C24H15FN2O2/c25-19-13-11-18(12-14-19)23(28)27-24-20(15-26)21(16-7-3-1-4-8-16)22(29-24)17-9-5-2-6-10-17/h1-14H,(H,27,28). The zero-order chi connectivity index (χ0) is 20.2. The summed E-state index contributed by atoms with van der Waals surface area (Å²) in [7, 11) is 0. The van der Waals surface area contributed by atoms with Gasteiger partial charge in [-0.2, -0.15) is 5.26 Å². The molecule has 3 aromatic carbocycles. The fourth-order valence-electron chi connectivity index (χ4n) is 3.08. The van der Waals surface area contributed by atoms with Crippen LogP contribution in [-0.2, 0) is 0 Å². The summed E-state index contributed by atoms with van der Waals surface area (Å²) in [6.07, 6.45) is 0. The summed E-state index contributed by atoms with van der Waals surface area (Å²) < 4.78 is 19.1. The molecule has 4 rings (SSSR count). The summed E-state index contributed by atoms with van der Waals surface area (Å²) in [6.45, 7) is 0. The van der Waals surface area contributed by atoms with Gasteiger partial charge in [0.25, 0.3) is 5.91 Å². The maximum Gasteiger partial charge on any atom is 0.258 e. The van der Waals surface area contributed by atoms with E-state index in [9.17, 15) is 14.4 Å². The molecule has 1 heterocycles. The second kappa shape index (κ2) is 7.83. The van der Waals surface area contributed by atoms with Gasteiger partial charge in [-0.15, -0.1) is 0 Å². The van der Waals surface area contributed by atoms with E-state index in [1.54, 1.807) is 0 Å². The number of benzene rings is 3. The third kappa shape index (κ3) is 3.64.